The van der Waals surface area contributed by atoms with E-state index < -0.39 is 0 Å². The Hall–Kier alpha value is -2.64. The first kappa shape index (κ1) is 27.6. The number of fused-ring (bicyclic) bond motifs is 1. The number of hydrogen-bond donors (Lipinski definition) is 0. The summed E-state index contributed by atoms with van der Waals surface area (Å²) in [5, 5.41) is 0. The largest absolute Gasteiger partial charge is 0.493 e. The van der Waals surface area contributed by atoms with E-state index in [-0.39, 0.29) is 18.3 Å². The maximum Gasteiger partial charge on any atom is 0.227 e. The van der Waals surface area contributed by atoms with Gasteiger partial charge in [-0.2, -0.15) is 0 Å². The molecule has 1 aliphatic rings. The molecule has 0 saturated heterocycles. The van der Waals surface area contributed by atoms with Crippen LogP contribution in [0, 0.1) is 0 Å². The monoisotopic (exact) mass is 492 g/mol. The minimum atomic E-state index is 0. The van der Waals surface area contributed by atoms with Gasteiger partial charge in [-0.1, -0.05) is 6.07 Å². The molecule has 34 heavy (non-hydrogen) atoms. The number of nitrogens with zero attached hydrogens (tertiary/aromatic N) is 2. The van der Waals surface area contributed by atoms with Crippen molar-refractivity contribution < 1.29 is 23.7 Å². The van der Waals surface area contributed by atoms with Crippen molar-refractivity contribution in [1.29, 1.82) is 0 Å². The number of amides is 1. The number of methoxy groups -OCH3 is 4. The first-order valence-electron chi connectivity index (χ1n) is 11.4. The van der Waals surface area contributed by atoms with Gasteiger partial charge in [-0.3, -0.25) is 4.79 Å². The zero-order valence-electron chi connectivity index (χ0n) is 20.9. The maximum absolute atomic E-state index is 12.8. The number of ether oxygens (including phenoxy) is 4. The maximum atomic E-state index is 12.8. The predicted octanol–water partition coefficient (Wildman–Crippen LogP) is 3.63. The minimum Gasteiger partial charge on any atom is -0.493 e. The number of hydrogen-bond acceptors (Lipinski definition) is 6. The van der Waals surface area contributed by atoms with Crippen LogP contribution in [0.25, 0.3) is 0 Å². The van der Waals surface area contributed by atoms with Crippen LogP contribution >= 0.6 is 12.4 Å². The lowest BCUT2D eigenvalue weighted by atomic mass is 10.0. The fourth-order valence-electron chi connectivity index (χ4n) is 4.25. The highest BCUT2D eigenvalue weighted by Crippen LogP contribution is 2.32. The highest BCUT2D eigenvalue weighted by molar-refractivity contribution is 5.85. The molecular formula is C26H37ClN2O5. The Morgan fingerprint density at radius 1 is 0.853 bits per heavy atom. The Bertz CT molecular complexity index is 953. The fourth-order valence-corrected chi connectivity index (χ4v) is 4.25. The average Bonchev–Trinajstić information content (AvgIpc) is 2.99. The van der Waals surface area contributed by atoms with Gasteiger partial charge >= 0.3 is 0 Å². The Morgan fingerprint density at radius 2 is 1.47 bits per heavy atom. The summed E-state index contributed by atoms with van der Waals surface area (Å²) in [4.78, 5) is 17.1. The number of benzene rings is 2. The highest BCUT2D eigenvalue weighted by atomic mass is 35.5. The normalized spacial score (nSPS) is 13.1. The smallest absolute Gasteiger partial charge is 0.227 e. The van der Waals surface area contributed by atoms with Crippen LogP contribution in [0.4, 0.5) is 0 Å². The van der Waals surface area contributed by atoms with Crippen molar-refractivity contribution in [1.82, 2.24) is 9.80 Å². The summed E-state index contributed by atoms with van der Waals surface area (Å²) in [6, 6.07) is 10.0. The van der Waals surface area contributed by atoms with Crippen molar-refractivity contribution >= 4 is 18.3 Å². The minimum absolute atomic E-state index is 0. The third kappa shape index (κ3) is 6.93. The zero-order valence-corrected chi connectivity index (χ0v) is 21.7. The molecule has 0 N–H and O–H groups in total. The molecule has 1 heterocycles. The van der Waals surface area contributed by atoms with Gasteiger partial charge in [-0.05, 0) is 73.8 Å². The van der Waals surface area contributed by atoms with Crippen LogP contribution in [-0.4, -0.2) is 77.4 Å². The van der Waals surface area contributed by atoms with E-state index in [0.29, 0.717) is 17.9 Å². The van der Waals surface area contributed by atoms with E-state index in [0.717, 1.165) is 68.1 Å². The van der Waals surface area contributed by atoms with Crippen molar-refractivity contribution in [3.8, 4) is 23.0 Å². The second-order valence-electron chi connectivity index (χ2n) is 8.38. The van der Waals surface area contributed by atoms with Crippen molar-refractivity contribution in [2.75, 3.05) is 61.7 Å². The lowest BCUT2D eigenvalue weighted by Crippen LogP contribution is -2.35. The summed E-state index contributed by atoms with van der Waals surface area (Å²) >= 11 is 0. The molecule has 188 valence electrons. The molecule has 0 radical (unpaired) electrons. The van der Waals surface area contributed by atoms with Crippen LogP contribution in [0.15, 0.2) is 30.3 Å². The van der Waals surface area contributed by atoms with Crippen LogP contribution in [-0.2, 0) is 24.1 Å². The van der Waals surface area contributed by atoms with Gasteiger partial charge in [-0.15, -0.1) is 12.4 Å². The van der Waals surface area contributed by atoms with Gasteiger partial charge in [0.25, 0.3) is 0 Å². The molecular weight excluding hydrogens is 456 g/mol. The van der Waals surface area contributed by atoms with E-state index in [4.69, 9.17) is 18.9 Å². The molecule has 0 aromatic heterocycles. The number of carbonyl (C=O) groups is 1. The summed E-state index contributed by atoms with van der Waals surface area (Å²) in [7, 11) is 8.69. The number of likely N-dealkylation sites (N-methyl/N-ethyl adjacent to an activating group) is 1. The van der Waals surface area contributed by atoms with E-state index in [1.807, 2.05) is 29.2 Å². The van der Waals surface area contributed by atoms with Crippen molar-refractivity contribution in [3.05, 3.63) is 47.0 Å². The van der Waals surface area contributed by atoms with Gasteiger partial charge in [-0.25, -0.2) is 0 Å². The fraction of sp³-hybridized carbons (Fsp3) is 0.500. The molecule has 3 rings (SSSR count). The Kier molecular flexibility index (Phi) is 10.8. The highest BCUT2D eigenvalue weighted by Gasteiger charge is 2.22. The van der Waals surface area contributed by atoms with Crippen LogP contribution < -0.4 is 18.9 Å². The van der Waals surface area contributed by atoms with Gasteiger partial charge in [0, 0.05) is 19.6 Å². The van der Waals surface area contributed by atoms with Crippen molar-refractivity contribution in [3.63, 3.8) is 0 Å². The van der Waals surface area contributed by atoms with Crippen LogP contribution in [0.5, 0.6) is 23.0 Å². The molecule has 1 amide bonds. The van der Waals surface area contributed by atoms with Crippen molar-refractivity contribution in [2.45, 2.75) is 25.7 Å². The van der Waals surface area contributed by atoms with Crippen LogP contribution in [0.3, 0.4) is 0 Å². The molecule has 1 aliphatic heterocycles. The van der Waals surface area contributed by atoms with Gasteiger partial charge in [0.2, 0.25) is 5.91 Å². The van der Waals surface area contributed by atoms with E-state index in [2.05, 4.69) is 18.0 Å². The quantitative estimate of drug-likeness (QED) is 0.477. The lowest BCUT2D eigenvalue weighted by molar-refractivity contribution is -0.130. The molecule has 7 nitrogen and oxygen atoms in total. The second-order valence-corrected chi connectivity index (χ2v) is 8.38. The average molecular weight is 493 g/mol. The number of carbonyl (C=O) groups excluding carboxylic acids is 1. The summed E-state index contributed by atoms with van der Waals surface area (Å²) in [6.45, 7) is 3.37. The summed E-state index contributed by atoms with van der Waals surface area (Å²) < 4.78 is 21.5. The van der Waals surface area contributed by atoms with Gasteiger partial charge in [0.1, 0.15) is 0 Å². The van der Waals surface area contributed by atoms with E-state index in [1.54, 1.807) is 28.4 Å². The molecule has 0 fully saturated rings. The zero-order chi connectivity index (χ0) is 23.8. The second kappa shape index (κ2) is 13.3. The molecule has 8 heteroatoms. The predicted molar refractivity (Wildman–Crippen MR) is 136 cm³/mol. The van der Waals surface area contributed by atoms with Crippen LogP contribution in [0.2, 0.25) is 0 Å². The Balaban J connectivity index is 0.00000408. The van der Waals surface area contributed by atoms with Gasteiger partial charge in [0.15, 0.2) is 23.0 Å². The molecule has 0 aliphatic carbocycles. The molecule has 0 atom stereocenters. The third-order valence-corrected chi connectivity index (χ3v) is 6.25. The molecule has 0 spiro atoms. The number of rotatable bonds is 11. The molecule has 2 aromatic rings. The SMILES string of the molecule is COc1ccc(CCN(C)CCCN2CCc3cc(OC)c(OC)cc3CC2=O)cc1OC.Cl. The molecule has 0 bridgehead atoms. The molecule has 0 saturated carbocycles. The standard InChI is InChI=1S/C26H36N2O5.ClH/c1-27(13-9-19-7-8-22(30-2)23(15-19)31-3)11-6-12-28-14-10-20-16-24(32-4)25(33-5)17-21(20)18-26(28)29;/h7-8,15-17H,6,9-14,18H2,1-5H3;1H. The first-order chi connectivity index (χ1) is 16.0. The topological polar surface area (TPSA) is 60.5 Å². The molecule has 0 unspecified atom stereocenters. The summed E-state index contributed by atoms with van der Waals surface area (Å²) in [5.41, 5.74) is 3.41. The number of halogens is 1. The summed E-state index contributed by atoms with van der Waals surface area (Å²) in [6.07, 6.45) is 3.11. The Morgan fingerprint density at radius 3 is 2.12 bits per heavy atom. The van der Waals surface area contributed by atoms with Crippen molar-refractivity contribution in [2.24, 2.45) is 0 Å². The van der Waals surface area contributed by atoms with Gasteiger partial charge in [0.05, 0.1) is 34.9 Å². The lowest BCUT2D eigenvalue weighted by Gasteiger charge is -2.23. The van der Waals surface area contributed by atoms with E-state index >= 15 is 0 Å². The third-order valence-electron chi connectivity index (χ3n) is 6.25. The Labute approximate surface area is 209 Å². The first-order valence-corrected chi connectivity index (χ1v) is 11.4. The van der Waals surface area contributed by atoms with E-state index in [1.165, 1.54) is 5.56 Å². The molecule has 2 aromatic carbocycles. The summed E-state index contributed by atoms with van der Waals surface area (Å²) in [5.74, 6) is 3.07. The van der Waals surface area contributed by atoms with Gasteiger partial charge < -0.3 is 28.7 Å². The van der Waals surface area contributed by atoms with E-state index in [9.17, 15) is 4.79 Å². The van der Waals surface area contributed by atoms with Crippen LogP contribution in [0.1, 0.15) is 23.1 Å².